The molecule has 1 rings (SSSR count). The molecule has 0 bridgehead atoms. The molecule has 0 aliphatic heterocycles. The quantitative estimate of drug-likeness (QED) is 0.691. The predicted molar refractivity (Wildman–Crippen MR) is 60.1 cm³/mol. The number of hydrogen-bond donors (Lipinski definition) is 0. The van der Waals surface area contributed by atoms with Gasteiger partial charge in [0, 0.05) is 18.4 Å². The molecule has 2 nitrogen and oxygen atoms in total. The molecule has 0 N–H and O–H groups in total. The fourth-order valence-electron chi connectivity index (χ4n) is 1.52. The summed E-state index contributed by atoms with van der Waals surface area (Å²) in [5.41, 5.74) is 1.83. The van der Waals surface area contributed by atoms with E-state index in [1.54, 1.807) is 0 Å². The Bertz CT molecular complexity index is 367. The molecular weight excluding hydrogens is 188 g/mol. The Morgan fingerprint density at radius 2 is 1.80 bits per heavy atom. The highest BCUT2D eigenvalue weighted by atomic mass is 16.1. The average Bonchev–Trinajstić information content (AvgIpc) is 2.25. The van der Waals surface area contributed by atoms with E-state index < -0.39 is 0 Å². The van der Waals surface area contributed by atoms with Crippen LogP contribution in [0, 0.1) is 0 Å². The van der Waals surface area contributed by atoms with Gasteiger partial charge in [0.05, 0.1) is 0 Å². The Morgan fingerprint density at radius 1 is 1.13 bits per heavy atom. The number of carbonyl (C=O) groups is 2. The van der Waals surface area contributed by atoms with Gasteiger partial charge in [-0.15, -0.1) is 0 Å². The second kappa shape index (κ2) is 5.44. The number of rotatable bonds is 5. The van der Waals surface area contributed by atoms with Gasteiger partial charge in [-0.25, -0.2) is 0 Å². The van der Waals surface area contributed by atoms with Crippen molar-refractivity contribution in [3.05, 3.63) is 35.4 Å². The van der Waals surface area contributed by atoms with E-state index in [9.17, 15) is 9.59 Å². The zero-order chi connectivity index (χ0) is 11.3. The van der Waals surface area contributed by atoms with Crippen LogP contribution in [0.15, 0.2) is 24.3 Å². The molecule has 0 unspecified atom stereocenters. The topological polar surface area (TPSA) is 34.1 Å². The Labute approximate surface area is 90.3 Å². The molecule has 1 aromatic rings. The fourth-order valence-corrected chi connectivity index (χ4v) is 1.52. The normalized spacial score (nSPS) is 10.0. The predicted octanol–water partition coefficient (Wildman–Crippen LogP) is 2.80. The molecule has 0 spiro atoms. The van der Waals surface area contributed by atoms with Crippen molar-refractivity contribution in [3.63, 3.8) is 0 Å². The Hall–Kier alpha value is -1.44. The van der Waals surface area contributed by atoms with Gasteiger partial charge in [0.25, 0.3) is 0 Å². The third-order valence-electron chi connectivity index (χ3n) is 2.40. The minimum Gasteiger partial charge on any atom is -0.300 e. The number of carbonyl (C=O) groups excluding carboxylic acids is 2. The zero-order valence-corrected chi connectivity index (χ0v) is 9.25. The number of benzene rings is 1. The molecule has 15 heavy (non-hydrogen) atoms. The summed E-state index contributed by atoms with van der Waals surface area (Å²) in [5.74, 6) is 0.139. The maximum absolute atomic E-state index is 11.8. The lowest BCUT2D eigenvalue weighted by Crippen LogP contribution is -2.05. The van der Waals surface area contributed by atoms with E-state index in [1.165, 1.54) is 6.92 Å². The van der Waals surface area contributed by atoms with Crippen molar-refractivity contribution in [1.29, 1.82) is 0 Å². The third-order valence-corrected chi connectivity index (χ3v) is 2.40. The van der Waals surface area contributed by atoms with Crippen LogP contribution in [0.2, 0.25) is 0 Å². The van der Waals surface area contributed by atoms with E-state index in [-0.39, 0.29) is 11.6 Å². The highest BCUT2D eigenvalue weighted by Crippen LogP contribution is 2.12. The monoisotopic (exact) mass is 204 g/mol. The van der Waals surface area contributed by atoms with Crippen LogP contribution in [0.4, 0.5) is 0 Å². The maximum atomic E-state index is 11.8. The third kappa shape index (κ3) is 3.31. The highest BCUT2D eigenvalue weighted by molar-refractivity contribution is 5.99. The van der Waals surface area contributed by atoms with Crippen LogP contribution in [0.1, 0.15) is 42.6 Å². The molecule has 1 aromatic carbocycles. The Morgan fingerprint density at radius 3 is 2.40 bits per heavy atom. The van der Waals surface area contributed by atoms with Gasteiger partial charge >= 0.3 is 0 Å². The molecule has 0 heterocycles. The van der Waals surface area contributed by atoms with Crippen molar-refractivity contribution in [2.24, 2.45) is 0 Å². The number of aryl methyl sites for hydroxylation is 1. The summed E-state index contributed by atoms with van der Waals surface area (Å²) in [5, 5.41) is 0. The first kappa shape index (κ1) is 11.6. The van der Waals surface area contributed by atoms with E-state index in [1.807, 2.05) is 31.2 Å². The lowest BCUT2D eigenvalue weighted by atomic mass is 9.98. The largest absolute Gasteiger partial charge is 0.300 e. The van der Waals surface area contributed by atoms with Crippen LogP contribution >= 0.6 is 0 Å². The summed E-state index contributed by atoms with van der Waals surface area (Å²) < 4.78 is 0. The fraction of sp³-hybridized carbons (Fsp3) is 0.385. The van der Waals surface area contributed by atoms with E-state index >= 15 is 0 Å². The van der Waals surface area contributed by atoms with Gasteiger partial charge in [-0.05, 0) is 18.9 Å². The lowest BCUT2D eigenvalue weighted by Gasteiger charge is -2.05. The maximum Gasteiger partial charge on any atom is 0.163 e. The van der Waals surface area contributed by atoms with Crippen LogP contribution in [-0.4, -0.2) is 11.6 Å². The molecule has 0 saturated carbocycles. The van der Waals surface area contributed by atoms with Crippen LogP contribution in [0.3, 0.4) is 0 Å². The molecule has 0 aliphatic carbocycles. The molecule has 0 fully saturated rings. The smallest absolute Gasteiger partial charge is 0.163 e. The summed E-state index contributed by atoms with van der Waals surface area (Å²) in [6.07, 6.45) is 1.52. The van der Waals surface area contributed by atoms with Gasteiger partial charge < -0.3 is 4.79 Å². The Kier molecular flexibility index (Phi) is 4.22. The van der Waals surface area contributed by atoms with Gasteiger partial charge in [-0.1, -0.05) is 31.2 Å². The standard InChI is InChI=1S/C13H16O2/c1-3-11-6-4-5-7-12(11)13(15)9-8-10(2)14/h4-7H,3,8-9H2,1-2H3. The molecule has 0 radical (unpaired) electrons. The summed E-state index contributed by atoms with van der Waals surface area (Å²) >= 11 is 0. The van der Waals surface area contributed by atoms with Crippen molar-refractivity contribution in [2.45, 2.75) is 33.1 Å². The van der Waals surface area contributed by atoms with Crippen LogP contribution in [0.25, 0.3) is 0 Å². The molecule has 0 saturated heterocycles. The van der Waals surface area contributed by atoms with Crippen molar-refractivity contribution < 1.29 is 9.59 Å². The summed E-state index contributed by atoms with van der Waals surface area (Å²) in [4.78, 5) is 22.6. The van der Waals surface area contributed by atoms with E-state index in [4.69, 9.17) is 0 Å². The molecule has 0 atom stereocenters. The van der Waals surface area contributed by atoms with Gasteiger partial charge in [0.1, 0.15) is 5.78 Å². The number of hydrogen-bond acceptors (Lipinski definition) is 2. The van der Waals surface area contributed by atoms with Crippen molar-refractivity contribution in [1.82, 2.24) is 0 Å². The summed E-state index contributed by atoms with van der Waals surface area (Å²) in [7, 11) is 0. The van der Waals surface area contributed by atoms with Crippen molar-refractivity contribution in [3.8, 4) is 0 Å². The number of ketones is 2. The van der Waals surface area contributed by atoms with E-state index in [2.05, 4.69) is 0 Å². The first-order valence-electron chi connectivity index (χ1n) is 5.25. The van der Waals surface area contributed by atoms with Crippen LogP contribution < -0.4 is 0 Å². The molecular formula is C13H16O2. The second-order valence-electron chi connectivity index (χ2n) is 3.64. The van der Waals surface area contributed by atoms with Gasteiger partial charge in [0.15, 0.2) is 5.78 Å². The minimum absolute atomic E-state index is 0.0670. The highest BCUT2D eigenvalue weighted by Gasteiger charge is 2.10. The minimum atomic E-state index is 0.0670. The number of Topliss-reactive ketones (excluding diaryl/α,β-unsaturated/α-hetero) is 2. The van der Waals surface area contributed by atoms with Crippen LogP contribution in [-0.2, 0) is 11.2 Å². The lowest BCUT2D eigenvalue weighted by molar-refractivity contribution is -0.116. The summed E-state index contributed by atoms with van der Waals surface area (Å²) in [6.45, 7) is 3.54. The molecule has 80 valence electrons. The van der Waals surface area contributed by atoms with Crippen molar-refractivity contribution >= 4 is 11.6 Å². The van der Waals surface area contributed by atoms with Gasteiger partial charge in [-0.3, -0.25) is 4.79 Å². The molecule has 2 heteroatoms. The van der Waals surface area contributed by atoms with Crippen molar-refractivity contribution in [2.75, 3.05) is 0 Å². The van der Waals surface area contributed by atoms with Crippen LogP contribution in [0.5, 0.6) is 0 Å². The van der Waals surface area contributed by atoms with E-state index in [0.29, 0.717) is 12.8 Å². The average molecular weight is 204 g/mol. The zero-order valence-electron chi connectivity index (χ0n) is 9.25. The second-order valence-corrected chi connectivity index (χ2v) is 3.64. The van der Waals surface area contributed by atoms with Gasteiger partial charge in [-0.2, -0.15) is 0 Å². The molecule has 0 amide bonds. The summed E-state index contributed by atoms with van der Waals surface area (Å²) in [6, 6.07) is 7.59. The van der Waals surface area contributed by atoms with Gasteiger partial charge in [0.2, 0.25) is 0 Å². The first-order chi connectivity index (χ1) is 7.15. The molecule has 0 aliphatic rings. The first-order valence-corrected chi connectivity index (χ1v) is 5.25. The molecule has 0 aromatic heterocycles. The SMILES string of the molecule is CCc1ccccc1C(=O)CCC(C)=O. The Balaban J connectivity index is 2.77. The van der Waals surface area contributed by atoms with E-state index in [0.717, 1.165) is 17.5 Å².